The Bertz CT molecular complexity index is 1190. The first kappa shape index (κ1) is 31.1. The summed E-state index contributed by atoms with van der Waals surface area (Å²) >= 11 is 0. The molecule has 0 amide bonds. The number of rotatable bonds is 9. The van der Waals surface area contributed by atoms with E-state index >= 15 is 4.39 Å². The molecule has 0 aliphatic heterocycles. The van der Waals surface area contributed by atoms with Gasteiger partial charge < -0.3 is 4.74 Å². The Morgan fingerprint density at radius 1 is 0.690 bits per heavy atom. The predicted octanol–water partition coefficient (Wildman–Crippen LogP) is 11.5. The Morgan fingerprint density at radius 2 is 1.33 bits per heavy atom. The summed E-state index contributed by atoms with van der Waals surface area (Å²) in [5, 5.41) is 0. The second kappa shape index (κ2) is 13.9. The molecule has 0 bridgehead atoms. The van der Waals surface area contributed by atoms with Gasteiger partial charge >= 0.3 is 6.11 Å². The molecule has 3 fully saturated rings. The van der Waals surface area contributed by atoms with Crippen LogP contribution in [0.25, 0.3) is 0 Å². The second-order valence-electron chi connectivity index (χ2n) is 13.1. The average molecular weight is 589 g/mol. The smallest absolute Gasteiger partial charge is 0.400 e. The van der Waals surface area contributed by atoms with Gasteiger partial charge in [0, 0.05) is 6.07 Å². The molecule has 2 aromatic carbocycles. The monoisotopic (exact) mass is 588 g/mol. The van der Waals surface area contributed by atoms with Gasteiger partial charge in [-0.3, -0.25) is 0 Å². The zero-order valence-corrected chi connectivity index (χ0v) is 24.8. The highest BCUT2D eigenvalue weighted by Gasteiger charge is 2.44. The molecule has 0 heterocycles. The van der Waals surface area contributed by atoms with Crippen molar-refractivity contribution in [2.75, 3.05) is 0 Å². The van der Waals surface area contributed by atoms with E-state index in [0.717, 1.165) is 54.7 Å². The molecule has 3 aliphatic rings. The molecule has 5 rings (SSSR count). The molecule has 1 nitrogen and oxygen atoms in total. The van der Waals surface area contributed by atoms with Gasteiger partial charge in [-0.25, -0.2) is 13.2 Å². The maximum absolute atomic E-state index is 15.4. The van der Waals surface area contributed by atoms with Crippen molar-refractivity contribution in [1.82, 2.24) is 0 Å². The summed E-state index contributed by atoms with van der Waals surface area (Å²) in [5.74, 6) is -1.25. The Hall–Kier alpha value is -2.37. The van der Waals surface area contributed by atoms with Crippen molar-refractivity contribution >= 4 is 0 Å². The lowest BCUT2D eigenvalue weighted by Crippen LogP contribution is -2.37. The van der Waals surface area contributed by atoms with Crippen molar-refractivity contribution < 1.29 is 26.7 Å². The highest BCUT2D eigenvalue weighted by atomic mass is 19.3. The summed E-state index contributed by atoms with van der Waals surface area (Å²) in [5.41, 5.74) is 1.68. The third-order valence-electron chi connectivity index (χ3n) is 10.5. The molecule has 0 radical (unpaired) electrons. The van der Waals surface area contributed by atoms with E-state index in [2.05, 4.69) is 25.1 Å². The fraction of sp³-hybridized carbons (Fsp3) is 0.611. The fourth-order valence-electron chi connectivity index (χ4n) is 7.92. The highest BCUT2D eigenvalue weighted by Crippen LogP contribution is 2.46. The second-order valence-corrected chi connectivity index (χ2v) is 13.1. The standard InChI is InChI=1S/C36H45F5O/c1-2-3-4-5-24-6-8-25(9-7-24)26-10-12-27(13-11-26)29-16-20-32(34(38)22-29)28-14-17-30(18-15-28)36(40,41)42-31-19-21-33(37)35(39)23-31/h3-4,16,19-28,30H,2,5-15,17-18H2,1H3/b4-3+. The van der Waals surface area contributed by atoms with Crippen molar-refractivity contribution in [3.63, 3.8) is 0 Å². The third-order valence-corrected chi connectivity index (χ3v) is 10.5. The van der Waals surface area contributed by atoms with Gasteiger partial charge in [0.2, 0.25) is 0 Å². The summed E-state index contributed by atoms with van der Waals surface area (Å²) in [6, 6.07) is 8.05. The van der Waals surface area contributed by atoms with Crippen LogP contribution in [0.15, 0.2) is 48.6 Å². The van der Waals surface area contributed by atoms with Crippen molar-refractivity contribution in [2.24, 2.45) is 23.7 Å². The van der Waals surface area contributed by atoms with E-state index in [1.54, 1.807) is 6.07 Å². The number of ether oxygens (including phenoxy) is 1. The van der Waals surface area contributed by atoms with E-state index < -0.39 is 29.4 Å². The third kappa shape index (κ3) is 7.58. The predicted molar refractivity (Wildman–Crippen MR) is 157 cm³/mol. The van der Waals surface area contributed by atoms with Crippen molar-refractivity contribution in [1.29, 1.82) is 0 Å². The molecule has 0 saturated heterocycles. The van der Waals surface area contributed by atoms with Crippen LogP contribution in [0.2, 0.25) is 0 Å². The fourth-order valence-corrected chi connectivity index (χ4v) is 7.92. The summed E-state index contributed by atoms with van der Waals surface area (Å²) < 4.78 is 76.3. The van der Waals surface area contributed by atoms with Crippen LogP contribution in [0, 0.1) is 41.1 Å². The van der Waals surface area contributed by atoms with E-state index in [4.69, 9.17) is 4.74 Å². The Morgan fingerprint density at radius 3 is 1.95 bits per heavy atom. The van der Waals surface area contributed by atoms with E-state index in [1.807, 2.05) is 6.07 Å². The molecule has 230 valence electrons. The Kier molecular flexibility index (Phi) is 10.3. The van der Waals surface area contributed by atoms with Gasteiger partial charge in [0.05, 0.1) is 5.92 Å². The zero-order chi connectivity index (χ0) is 29.7. The minimum Gasteiger partial charge on any atom is -0.432 e. The minimum atomic E-state index is -3.51. The molecule has 2 aromatic rings. The maximum Gasteiger partial charge on any atom is 0.400 e. The van der Waals surface area contributed by atoms with Crippen LogP contribution in [-0.2, 0) is 0 Å². The number of hydrogen-bond donors (Lipinski definition) is 0. The first-order valence-corrected chi connectivity index (χ1v) is 16.2. The number of benzene rings is 2. The van der Waals surface area contributed by atoms with Crippen LogP contribution in [-0.4, -0.2) is 6.11 Å². The number of alkyl halides is 2. The summed E-state index contributed by atoms with van der Waals surface area (Å²) in [6.45, 7) is 2.19. The summed E-state index contributed by atoms with van der Waals surface area (Å²) in [6.07, 6.45) is 14.8. The lowest BCUT2D eigenvalue weighted by molar-refractivity contribution is -0.222. The van der Waals surface area contributed by atoms with E-state index in [0.29, 0.717) is 30.4 Å². The van der Waals surface area contributed by atoms with Crippen LogP contribution < -0.4 is 4.74 Å². The number of hydrogen-bond acceptors (Lipinski definition) is 1. The first-order valence-electron chi connectivity index (χ1n) is 16.2. The lowest BCUT2D eigenvalue weighted by atomic mass is 9.68. The van der Waals surface area contributed by atoms with E-state index in [1.165, 1.54) is 44.9 Å². The van der Waals surface area contributed by atoms with Gasteiger partial charge in [0.15, 0.2) is 11.6 Å². The van der Waals surface area contributed by atoms with Crippen molar-refractivity contribution in [3.05, 3.63) is 77.1 Å². The largest absolute Gasteiger partial charge is 0.432 e. The van der Waals surface area contributed by atoms with Crippen LogP contribution in [0.5, 0.6) is 5.75 Å². The van der Waals surface area contributed by atoms with Crippen LogP contribution in [0.4, 0.5) is 22.0 Å². The summed E-state index contributed by atoms with van der Waals surface area (Å²) in [7, 11) is 0. The normalized spacial score (nSPS) is 29.1. The van der Waals surface area contributed by atoms with Gasteiger partial charge in [0.1, 0.15) is 11.6 Å². The molecule has 0 unspecified atom stereocenters. The van der Waals surface area contributed by atoms with E-state index in [-0.39, 0.29) is 24.6 Å². The molecule has 42 heavy (non-hydrogen) atoms. The highest BCUT2D eigenvalue weighted by molar-refractivity contribution is 5.30. The topological polar surface area (TPSA) is 9.23 Å². The molecule has 3 aliphatic carbocycles. The van der Waals surface area contributed by atoms with Crippen molar-refractivity contribution in [2.45, 2.75) is 115 Å². The van der Waals surface area contributed by atoms with Crippen LogP contribution in [0.3, 0.4) is 0 Å². The quantitative estimate of drug-likeness (QED) is 0.209. The molecular weight excluding hydrogens is 543 g/mol. The average Bonchev–Trinajstić information content (AvgIpc) is 2.99. The minimum absolute atomic E-state index is 0.113. The molecule has 0 N–H and O–H groups in total. The molecule has 3 saturated carbocycles. The molecule has 0 spiro atoms. The van der Waals surface area contributed by atoms with Gasteiger partial charge in [-0.2, -0.15) is 8.78 Å². The maximum atomic E-state index is 15.4. The van der Waals surface area contributed by atoms with Crippen molar-refractivity contribution in [3.8, 4) is 5.75 Å². The lowest BCUT2D eigenvalue weighted by Gasteiger charge is -2.38. The van der Waals surface area contributed by atoms with Crippen LogP contribution in [0.1, 0.15) is 120 Å². The van der Waals surface area contributed by atoms with E-state index in [9.17, 15) is 17.6 Å². The Balaban J connectivity index is 1.09. The van der Waals surface area contributed by atoms with Gasteiger partial charge in [0.25, 0.3) is 0 Å². The van der Waals surface area contributed by atoms with Gasteiger partial charge in [-0.1, -0.05) is 31.2 Å². The van der Waals surface area contributed by atoms with Gasteiger partial charge in [-0.15, -0.1) is 0 Å². The van der Waals surface area contributed by atoms with Crippen LogP contribution >= 0.6 is 0 Å². The molecule has 0 atom stereocenters. The first-order chi connectivity index (χ1) is 20.2. The summed E-state index contributed by atoms with van der Waals surface area (Å²) in [4.78, 5) is 0. The number of allylic oxidation sites excluding steroid dienone is 2. The SMILES string of the molecule is CC/C=C/CC1CCC(C2CCC(c3ccc(C4CCC(C(F)(F)Oc5ccc(F)c(F)c5)CC4)c(F)c3)CC2)CC1. The molecule has 6 heteroatoms. The molecular formula is C36H45F5O. The number of halogens is 5. The Labute approximate surface area is 247 Å². The molecule has 0 aromatic heterocycles. The zero-order valence-electron chi connectivity index (χ0n) is 24.8. The van der Waals surface area contributed by atoms with Gasteiger partial charge in [-0.05, 0) is 149 Å².